The average molecular weight is 425 g/mol. The van der Waals surface area contributed by atoms with E-state index >= 15 is 0 Å². The zero-order chi connectivity index (χ0) is 15.9. The molecule has 1 heterocycles. The highest BCUT2D eigenvalue weighted by Crippen LogP contribution is 2.27. The Kier molecular flexibility index (Phi) is 3.82. The van der Waals surface area contributed by atoms with Gasteiger partial charge in [-0.2, -0.15) is 0 Å². The number of carbonyl (C=O) groups is 1. The predicted molar refractivity (Wildman–Crippen MR) is 93.8 cm³/mol. The fourth-order valence-corrected chi connectivity index (χ4v) is 4.54. The highest BCUT2D eigenvalue weighted by Gasteiger charge is 2.20. The van der Waals surface area contributed by atoms with Crippen molar-refractivity contribution in [1.29, 1.82) is 0 Å². The van der Waals surface area contributed by atoms with Crippen LogP contribution in [0.4, 0.5) is 0 Å². The Morgan fingerprint density at radius 2 is 1.77 bits per heavy atom. The maximum atomic E-state index is 12.8. The second-order valence-corrected chi connectivity index (χ2v) is 7.96. The van der Waals surface area contributed by atoms with Crippen molar-refractivity contribution in [3.05, 3.63) is 63.4 Å². The van der Waals surface area contributed by atoms with Gasteiger partial charge in [-0.3, -0.25) is 4.79 Å². The molecule has 0 aliphatic rings. The van der Waals surface area contributed by atoms with Crippen molar-refractivity contribution >= 4 is 49.8 Å². The highest BCUT2D eigenvalue weighted by molar-refractivity contribution is 14.1. The molecule has 6 heteroatoms. The number of nitrogens with zero attached hydrogens (tertiary/aromatic N) is 1. The molecule has 0 amide bonds. The number of benzene rings is 2. The molecule has 0 atom stereocenters. The summed E-state index contributed by atoms with van der Waals surface area (Å²) in [6.07, 6.45) is 2.33. The van der Waals surface area contributed by atoms with E-state index in [2.05, 4.69) is 22.6 Å². The molecule has 22 heavy (non-hydrogen) atoms. The average Bonchev–Trinajstić information content (AvgIpc) is 2.85. The zero-order valence-corrected chi connectivity index (χ0v) is 14.6. The molecule has 0 spiro atoms. The molecule has 0 fully saturated rings. The molecule has 0 saturated heterocycles. The Hall–Kier alpha value is -1.67. The Morgan fingerprint density at radius 3 is 2.41 bits per heavy atom. The van der Waals surface area contributed by atoms with Gasteiger partial charge in [-0.15, -0.1) is 0 Å². The number of halogens is 1. The lowest BCUT2D eigenvalue weighted by Crippen LogP contribution is -2.11. The summed E-state index contributed by atoms with van der Waals surface area (Å²) < 4.78 is 27.7. The van der Waals surface area contributed by atoms with Crippen LogP contribution >= 0.6 is 22.6 Å². The first-order valence-corrected chi connectivity index (χ1v) is 9.03. The number of aromatic nitrogens is 1. The topological polar surface area (TPSA) is 56.1 Å². The van der Waals surface area contributed by atoms with Crippen LogP contribution < -0.4 is 0 Å². The van der Waals surface area contributed by atoms with Crippen molar-refractivity contribution in [3.63, 3.8) is 0 Å². The van der Waals surface area contributed by atoms with Crippen LogP contribution in [0.15, 0.2) is 53.6 Å². The Bertz CT molecular complexity index is 973. The summed E-state index contributed by atoms with van der Waals surface area (Å²) in [5.41, 5.74) is 2.09. The van der Waals surface area contributed by atoms with E-state index in [-0.39, 0.29) is 4.90 Å². The van der Waals surface area contributed by atoms with Crippen molar-refractivity contribution in [3.8, 4) is 0 Å². The number of hydrogen-bond acceptors (Lipinski definition) is 3. The zero-order valence-electron chi connectivity index (χ0n) is 11.7. The molecular formula is C16H12INO3S. The number of aldehydes is 1. The van der Waals surface area contributed by atoms with Crippen LogP contribution in [0.3, 0.4) is 0 Å². The fourth-order valence-electron chi connectivity index (χ4n) is 2.28. The van der Waals surface area contributed by atoms with Crippen LogP contribution in [-0.2, 0) is 10.0 Å². The van der Waals surface area contributed by atoms with Gasteiger partial charge in [0.1, 0.15) is 6.29 Å². The fraction of sp³-hybridized carbons (Fsp3) is 0.0625. The minimum atomic E-state index is -3.66. The summed E-state index contributed by atoms with van der Waals surface area (Å²) in [4.78, 5) is 11.1. The maximum absolute atomic E-state index is 12.8. The molecule has 3 aromatic rings. The first-order valence-electron chi connectivity index (χ1n) is 6.51. The van der Waals surface area contributed by atoms with Gasteiger partial charge in [0.2, 0.25) is 0 Å². The number of hydrogen-bond donors (Lipinski definition) is 0. The van der Waals surface area contributed by atoms with E-state index < -0.39 is 10.0 Å². The molecule has 2 aromatic carbocycles. The summed E-state index contributed by atoms with van der Waals surface area (Å²) in [6, 6.07) is 11.7. The molecular weight excluding hydrogens is 413 g/mol. The summed E-state index contributed by atoms with van der Waals surface area (Å²) in [7, 11) is -3.66. The Labute approximate surface area is 142 Å². The van der Waals surface area contributed by atoms with Gasteiger partial charge in [-0.25, -0.2) is 12.4 Å². The van der Waals surface area contributed by atoms with Crippen molar-refractivity contribution in [1.82, 2.24) is 3.97 Å². The normalized spacial score (nSPS) is 11.7. The summed E-state index contributed by atoms with van der Waals surface area (Å²) in [5, 5.41) is 0.751. The highest BCUT2D eigenvalue weighted by atomic mass is 127. The van der Waals surface area contributed by atoms with Gasteiger partial charge in [0.05, 0.1) is 10.4 Å². The van der Waals surface area contributed by atoms with E-state index in [4.69, 9.17) is 0 Å². The molecule has 0 N–H and O–H groups in total. The van der Waals surface area contributed by atoms with E-state index in [0.29, 0.717) is 11.1 Å². The van der Waals surface area contributed by atoms with E-state index in [9.17, 15) is 13.2 Å². The van der Waals surface area contributed by atoms with E-state index in [1.54, 1.807) is 48.7 Å². The van der Waals surface area contributed by atoms with Crippen molar-refractivity contribution in [2.75, 3.05) is 0 Å². The lowest BCUT2D eigenvalue weighted by Gasteiger charge is -2.08. The molecule has 4 nitrogen and oxygen atoms in total. The summed E-state index contributed by atoms with van der Waals surface area (Å²) in [6.45, 7) is 1.91. The molecule has 0 aliphatic heterocycles. The van der Waals surface area contributed by atoms with Crippen LogP contribution in [0.5, 0.6) is 0 Å². The van der Waals surface area contributed by atoms with Gasteiger partial charge in [0, 0.05) is 20.7 Å². The number of aryl methyl sites for hydroxylation is 1. The smallest absolute Gasteiger partial charge is 0.268 e. The molecule has 3 rings (SSSR count). The number of carbonyl (C=O) groups excluding carboxylic acids is 1. The minimum Gasteiger partial charge on any atom is -0.298 e. The lowest BCUT2D eigenvalue weighted by molar-refractivity contribution is 0.112. The maximum Gasteiger partial charge on any atom is 0.268 e. The molecule has 0 unspecified atom stereocenters. The van der Waals surface area contributed by atoms with Crippen LogP contribution in [0.2, 0.25) is 0 Å². The quantitative estimate of drug-likeness (QED) is 0.476. The van der Waals surface area contributed by atoms with Crippen molar-refractivity contribution in [2.24, 2.45) is 0 Å². The molecule has 0 saturated carbocycles. The molecule has 112 valence electrons. The van der Waals surface area contributed by atoms with E-state index in [1.165, 1.54) is 3.97 Å². The van der Waals surface area contributed by atoms with Gasteiger partial charge in [-0.1, -0.05) is 17.7 Å². The monoisotopic (exact) mass is 425 g/mol. The Balaban J connectivity index is 2.25. The second kappa shape index (κ2) is 5.51. The predicted octanol–water partition coefficient (Wildman–Crippen LogP) is 3.60. The van der Waals surface area contributed by atoms with Gasteiger partial charge in [-0.05, 0) is 59.8 Å². The third-order valence-corrected chi connectivity index (χ3v) is 6.01. The Morgan fingerprint density at radius 1 is 1.09 bits per heavy atom. The summed E-state index contributed by atoms with van der Waals surface area (Å²) >= 11 is 2.08. The third kappa shape index (κ3) is 2.46. The van der Waals surface area contributed by atoms with Crippen molar-refractivity contribution in [2.45, 2.75) is 11.8 Å². The first kappa shape index (κ1) is 15.2. The van der Waals surface area contributed by atoms with Crippen LogP contribution in [0.1, 0.15) is 15.9 Å². The van der Waals surface area contributed by atoms with Crippen LogP contribution in [-0.4, -0.2) is 18.7 Å². The summed E-state index contributed by atoms with van der Waals surface area (Å²) in [5.74, 6) is 0. The molecule has 0 radical (unpaired) electrons. The number of rotatable bonds is 3. The van der Waals surface area contributed by atoms with Gasteiger partial charge in [0.25, 0.3) is 10.0 Å². The van der Waals surface area contributed by atoms with Gasteiger partial charge >= 0.3 is 0 Å². The van der Waals surface area contributed by atoms with E-state index in [1.807, 2.05) is 6.92 Å². The second-order valence-electron chi connectivity index (χ2n) is 4.99. The third-order valence-electron chi connectivity index (χ3n) is 3.46. The molecule has 0 aliphatic carbocycles. The SMILES string of the molecule is Cc1ccc(S(=O)(=O)n2cc(I)c3cc(C=O)ccc32)cc1. The van der Waals surface area contributed by atoms with Crippen LogP contribution in [0.25, 0.3) is 10.9 Å². The van der Waals surface area contributed by atoms with E-state index in [0.717, 1.165) is 20.8 Å². The first-order chi connectivity index (χ1) is 10.4. The lowest BCUT2D eigenvalue weighted by atomic mass is 10.2. The van der Waals surface area contributed by atoms with Gasteiger partial charge in [0.15, 0.2) is 0 Å². The molecule has 0 bridgehead atoms. The standard InChI is InChI=1S/C16H12INO3S/c1-11-2-5-13(6-3-11)22(20,21)18-9-15(17)14-8-12(10-19)4-7-16(14)18/h2-10H,1H3. The number of fused-ring (bicyclic) bond motifs is 1. The minimum absolute atomic E-state index is 0.242. The van der Waals surface area contributed by atoms with Crippen LogP contribution in [0, 0.1) is 10.5 Å². The van der Waals surface area contributed by atoms with Crippen molar-refractivity contribution < 1.29 is 13.2 Å². The van der Waals surface area contributed by atoms with Gasteiger partial charge < -0.3 is 0 Å². The largest absolute Gasteiger partial charge is 0.298 e. The molecule has 1 aromatic heterocycles.